The summed E-state index contributed by atoms with van der Waals surface area (Å²) < 4.78 is 0. The van der Waals surface area contributed by atoms with Crippen LogP contribution in [0.15, 0.2) is 12.4 Å². The quantitative estimate of drug-likeness (QED) is 0.698. The van der Waals surface area contributed by atoms with Gasteiger partial charge < -0.3 is 21.3 Å². The van der Waals surface area contributed by atoms with Crippen LogP contribution in [-0.2, 0) is 0 Å². The van der Waals surface area contributed by atoms with E-state index in [4.69, 9.17) is 5.73 Å². The van der Waals surface area contributed by atoms with Gasteiger partial charge >= 0.3 is 0 Å². The third kappa shape index (κ3) is 4.65. The average molecular weight is 264 g/mol. The van der Waals surface area contributed by atoms with Gasteiger partial charge in [-0.25, -0.2) is 9.97 Å². The van der Waals surface area contributed by atoms with Gasteiger partial charge in [-0.1, -0.05) is 0 Å². The van der Waals surface area contributed by atoms with Crippen LogP contribution >= 0.6 is 0 Å². The molecule has 1 aromatic rings. The molecule has 0 spiro atoms. The lowest BCUT2D eigenvalue weighted by atomic mass is 10.1. The van der Waals surface area contributed by atoms with E-state index in [0.717, 1.165) is 24.7 Å². The first-order valence-corrected chi connectivity index (χ1v) is 6.87. The molecular formula is C13H24N6. The van der Waals surface area contributed by atoms with E-state index in [9.17, 15) is 0 Å². The molecule has 0 radical (unpaired) electrons. The Morgan fingerprint density at radius 2 is 2.16 bits per heavy atom. The van der Waals surface area contributed by atoms with E-state index >= 15 is 0 Å². The zero-order valence-corrected chi connectivity index (χ0v) is 11.8. The molecule has 0 aliphatic carbocycles. The van der Waals surface area contributed by atoms with Gasteiger partial charge in [0.15, 0.2) is 0 Å². The molecule has 2 rings (SSSR count). The van der Waals surface area contributed by atoms with Gasteiger partial charge in [-0.2, -0.15) is 0 Å². The van der Waals surface area contributed by atoms with Gasteiger partial charge in [0.1, 0.15) is 18.0 Å². The van der Waals surface area contributed by atoms with Crippen molar-refractivity contribution < 1.29 is 0 Å². The minimum absolute atomic E-state index is 0.111. The van der Waals surface area contributed by atoms with Crippen molar-refractivity contribution in [1.29, 1.82) is 0 Å². The highest BCUT2D eigenvalue weighted by Crippen LogP contribution is 2.15. The largest absolute Gasteiger partial charge is 0.370 e. The SMILES string of the molecule is CC(N)CNc1cc(NCC2CCN(C)C2)ncn1. The zero-order valence-electron chi connectivity index (χ0n) is 11.8. The van der Waals surface area contributed by atoms with E-state index in [-0.39, 0.29) is 6.04 Å². The summed E-state index contributed by atoms with van der Waals surface area (Å²) in [5.74, 6) is 2.40. The van der Waals surface area contributed by atoms with Crippen LogP contribution in [0.25, 0.3) is 0 Å². The average Bonchev–Trinajstić information content (AvgIpc) is 2.80. The van der Waals surface area contributed by atoms with E-state index in [1.54, 1.807) is 6.33 Å². The molecule has 4 N–H and O–H groups in total. The summed E-state index contributed by atoms with van der Waals surface area (Å²) >= 11 is 0. The van der Waals surface area contributed by atoms with Gasteiger partial charge in [-0.3, -0.25) is 0 Å². The second kappa shape index (κ2) is 6.68. The molecular weight excluding hydrogens is 240 g/mol. The summed E-state index contributed by atoms with van der Waals surface area (Å²) in [4.78, 5) is 10.8. The Morgan fingerprint density at radius 1 is 1.42 bits per heavy atom. The number of nitrogens with two attached hydrogens (primary N) is 1. The summed E-state index contributed by atoms with van der Waals surface area (Å²) in [6.45, 7) is 5.99. The first kappa shape index (κ1) is 14.0. The summed E-state index contributed by atoms with van der Waals surface area (Å²) in [6, 6.07) is 2.04. The fourth-order valence-corrected chi connectivity index (χ4v) is 2.26. The van der Waals surface area contributed by atoms with Crippen molar-refractivity contribution in [3.63, 3.8) is 0 Å². The van der Waals surface area contributed by atoms with Gasteiger partial charge in [0.05, 0.1) is 0 Å². The Labute approximate surface area is 114 Å². The van der Waals surface area contributed by atoms with Crippen molar-refractivity contribution in [2.24, 2.45) is 11.7 Å². The molecule has 2 atom stereocenters. The molecule has 1 aliphatic rings. The first-order chi connectivity index (χ1) is 9.13. The van der Waals surface area contributed by atoms with Crippen molar-refractivity contribution in [2.75, 3.05) is 43.9 Å². The van der Waals surface area contributed by atoms with Crippen molar-refractivity contribution in [2.45, 2.75) is 19.4 Å². The predicted octanol–water partition coefficient (Wildman–Crippen LogP) is 0.599. The van der Waals surface area contributed by atoms with Gasteiger partial charge in [-0.05, 0) is 32.9 Å². The molecule has 19 heavy (non-hydrogen) atoms. The molecule has 0 amide bonds. The maximum absolute atomic E-state index is 5.71. The molecule has 6 heteroatoms. The maximum atomic E-state index is 5.71. The predicted molar refractivity (Wildman–Crippen MR) is 78.3 cm³/mol. The first-order valence-electron chi connectivity index (χ1n) is 6.87. The molecule has 1 saturated heterocycles. The molecule has 2 heterocycles. The minimum Gasteiger partial charge on any atom is -0.370 e. The van der Waals surface area contributed by atoms with Gasteiger partial charge in [-0.15, -0.1) is 0 Å². The van der Waals surface area contributed by atoms with E-state index in [2.05, 4.69) is 32.5 Å². The lowest BCUT2D eigenvalue weighted by Crippen LogP contribution is -2.25. The highest BCUT2D eigenvalue weighted by Gasteiger charge is 2.18. The summed E-state index contributed by atoms with van der Waals surface area (Å²) in [5.41, 5.74) is 5.71. The Kier molecular flexibility index (Phi) is 4.93. The van der Waals surface area contributed by atoms with Crippen LogP contribution in [0.2, 0.25) is 0 Å². The van der Waals surface area contributed by atoms with Crippen LogP contribution in [0.3, 0.4) is 0 Å². The molecule has 6 nitrogen and oxygen atoms in total. The van der Waals surface area contributed by atoms with E-state index < -0.39 is 0 Å². The lowest BCUT2D eigenvalue weighted by molar-refractivity contribution is 0.399. The van der Waals surface area contributed by atoms with Crippen molar-refractivity contribution in [3.8, 4) is 0 Å². The second-order valence-electron chi connectivity index (χ2n) is 5.44. The number of hydrogen-bond acceptors (Lipinski definition) is 6. The third-order valence-corrected chi connectivity index (χ3v) is 3.33. The zero-order chi connectivity index (χ0) is 13.7. The number of aromatic nitrogens is 2. The number of nitrogens with zero attached hydrogens (tertiary/aromatic N) is 3. The molecule has 1 fully saturated rings. The molecule has 2 unspecified atom stereocenters. The standard InChI is InChI=1S/C13H24N6/c1-10(14)6-15-12-5-13(18-9-17-12)16-7-11-3-4-19(2)8-11/h5,9-11H,3-4,6-8,14H2,1-2H3,(H2,15,16,17,18). The molecule has 0 aromatic carbocycles. The third-order valence-electron chi connectivity index (χ3n) is 3.33. The topological polar surface area (TPSA) is 79.1 Å². The molecule has 0 bridgehead atoms. The number of hydrogen-bond donors (Lipinski definition) is 3. The maximum Gasteiger partial charge on any atom is 0.131 e. The van der Waals surface area contributed by atoms with Crippen LogP contribution in [0, 0.1) is 5.92 Å². The van der Waals surface area contributed by atoms with Gasteiger partial charge in [0.2, 0.25) is 0 Å². The van der Waals surface area contributed by atoms with Gasteiger partial charge in [0, 0.05) is 31.7 Å². The highest BCUT2D eigenvalue weighted by atomic mass is 15.1. The van der Waals surface area contributed by atoms with Crippen molar-refractivity contribution in [3.05, 3.63) is 12.4 Å². The Hall–Kier alpha value is -1.40. The summed E-state index contributed by atoms with van der Waals surface area (Å²) in [5, 5.41) is 6.58. The number of likely N-dealkylation sites (tertiary alicyclic amines) is 1. The fraction of sp³-hybridized carbons (Fsp3) is 0.692. The number of anilines is 2. The molecule has 106 valence electrons. The molecule has 1 aliphatic heterocycles. The Bertz CT molecular complexity index is 394. The monoisotopic (exact) mass is 264 g/mol. The second-order valence-corrected chi connectivity index (χ2v) is 5.44. The van der Waals surface area contributed by atoms with Crippen LogP contribution in [-0.4, -0.2) is 54.1 Å². The van der Waals surface area contributed by atoms with Gasteiger partial charge in [0.25, 0.3) is 0 Å². The highest BCUT2D eigenvalue weighted by molar-refractivity contribution is 5.46. The molecule has 1 aromatic heterocycles. The van der Waals surface area contributed by atoms with E-state index in [0.29, 0.717) is 12.5 Å². The molecule has 0 saturated carbocycles. The Morgan fingerprint density at radius 3 is 2.79 bits per heavy atom. The summed E-state index contributed by atoms with van der Waals surface area (Å²) in [7, 11) is 2.17. The minimum atomic E-state index is 0.111. The van der Waals surface area contributed by atoms with E-state index in [1.165, 1.54) is 13.0 Å². The smallest absolute Gasteiger partial charge is 0.131 e. The van der Waals surface area contributed by atoms with Crippen LogP contribution in [0.1, 0.15) is 13.3 Å². The van der Waals surface area contributed by atoms with Crippen LogP contribution in [0.4, 0.5) is 11.6 Å². The van der Waals surface area contributed by atoms with Crippen LogP contribution in [0.5, 0.6) is 0 Å². The van der Waals surface area contributed by atoms with E-state index in [1.807, 2.05) is 13.0 Å². The van der Waals surface area contributed by atoms with Crippen molar-refractivity contribution in [1.82, 2.24) is 14.9 Å². The fourth-order valence-electron chi connectivity index (χ4n) is 2.26. The van der Waals surface area contributed by atoms with Crippen LogP contribution < -0.4 is 16.4 Å². The lowest BCUT2D eigenvalue weighted by Gasteiger charge is -2.13. The van der Waals surface area contributed by atoms with Crippen molar-refractivity contribution >= 4 is 11.6 Å². The number of rotatable bonds is 6. The number of nitrogens with one attached hydrogen (secondary N) is 2. The Balaban J connectivity index is 1.81. The summed E-state index contributed by atoms with van der Waals surface area (Å²) in [6.07, 6.45) is 2.83. The normalized spacial score (nSPS) is 21.3.